The van der Waals surface area contributed by atoms with Crippen molar-refractivity contribution >= 4 is 5.91 Å². The summed E-state index contributed by atoms with van der Waals surface area (Å²) in [6.45, 7) is 0.475. The summed E-state index contributed by atoms with van der Waals surface area (Å²) in [4.78, 5) is 11.9. The molecule has 174 valence electrons. The van der Waals surface area contributed by atoms with Crippen LogP contribution in [0.5, 0.6) is 11.5 Å². The van der Waals surface area contributed by atoms with Crippen molar-refractivity contribution in [3.8, 4) is 11.5 Å². The number of nitrogens with two attached hydrogens (primary N) is 1. The minimum Gasteiger partial charge on any atom is -0.493 e. The fraction of sp³-hybridized carbons (Fsp3) is 0.240. The molecule has 0 bridgehead atoms. The number of hydrogen-bond donors (Lipinski definition) is 2. The van der Waals surface area contributed by atoms with Gasteiger partial charge in [0.1, 0.15) is 6.61 Å². The summed E-state index contributed by atoms with van der Waals surface area (Å²) in [5, 5.41) is 3.17. The van der Waals surface area contributed by atoms with E-state index in [0.29, 0.717) is 30.0 Å². The minimum absolute atomic E-state index is 0.0902. The maximum Gasteiger partial charge on any atom is 0.416 e. The van der Waals surface area contributed by atoms with Crippen LogP contribution in [-0.2, 0) is 30.5 Å². The van der Waals surface area contributed by atoms with Gasteiger partial charge in [0, 0.05) is 6.54 Å². The molecule has 3 rings (SSSR count). The molecule has 0 aromatic heterocycles. The van der Waals surface area contributed by atoms with Gasteiger partial charge in [0.2, 0.25) is 5.91 Å². The Morgan fingerprint density at radius 1 is 0.939 bits per heavy atom. The number of methoxy groups -OCH3 is 1. The van der Waals surface area contributed by atoms with Crippen molar-refractivity contribution in [2.24, 2.45) is 5.73 Å². The number of hydrogen-bond acceptors (Lipinski definition) is 4. The molecule has 3 aromatic carbocycles. The van der Waals surface area contributed by atoms with E-state index in [9.17, 15) is 18.0 Å². The highest BCUT2D eigenvalue weighted by Gasteiger charge is 2.29. The van der Waals surface area contributed by atoms with E-state index in [2.05, 4.69) is 5.32 Å². The molecule has 0 radical (unpaired) electrons. The zero-order chi connectivity index (χ0) is 23.8. The van der Waals surface area contributed by atoms with Crippen LogP contribution in [0.3, 0.4) is 0 Å². The number of benzene rings is 3. The third-order valence-electron chi connectivity index (χ3n) is 5.08. The zero-order valence-electron chi connectivity index (χ0n) is 18.1. The normalized spacial score (nSPS) is 12.2. The van der Waals surface area contributed by atoms with Crippen LogP contribution >= 0.6 is 0 Å². The van der Waals surface area contributed by atoms with Crippen molar-refractivity contribution in [3.05, 3.63) is 95.1 Å². The predicted molar refractivity (Wildman–Crippen MR) is 119 cm³/mol. The molecule has 1 atom stereocenters. The van der Waals surface area contributed by atoms with E-state index in [4.69, 9.17) is 15.2 Å². The van der Waals surface area contributed by atoms with Gasteiger partial charge in [-0.15, -0.1) is 0 Å². The molecule has 3 aromatic rings. The fourth-order valence-electron chi connectivity index (χ4n) is 3.26. The first-order chi connectivity index (χ1) is 15.8. The van der Waals surface area contributed by atoms with E-state index in [1.807, 2.05) is 36.4 Å². The number of halogens is 3. The largest absolute Gasteiger partial charge is 0.493 e. The van der Waals surface area contributed by atoms with Crippen molar-refractivity contribution in [1.29, 1.82) is 0 Å². The topological polar surface area (TPSA) is 73.6 Å². The number of alkyl halides is 3. The second kappa shape index (κ2) is 10.9. The van der Waals surface area contributed by atoms with E-state index < -0.39 is 23.7 Å². The quantitative estimate of drug-likeness (QED) is 0.470. The summed E-state index contributed by atoms with van der Waals surface area (Å²) in [6, 6.07) is 19.2. The molecule has 0 aliphatic carbocycles. The lowest BCUT2D eigenvalue weighted by atomic mass is 10.1. The molecule has 0 aliphatic heterocycles. The van der Waals surface area contributed by atoms with Gasteiger partial charge >= 0.3 is 6.18 Å². The smallest absolute Gasteiger partial charge is 0.416 e. The second-order valence-corrected chi connectivity index (χ2v) is 7.49. The van der Waals surface area contributed by atoms with Crippen molar-refractivity contribution < 1.29 is 27.4 Å². The van der Waals surface area contributed by atoms with Gasteiger partial charge in [-0.3, -0.25) is 4.79 Å². The van der Waals surface area contributed by atoms with Crippen LogP contribution in [-0.4, -0.2) is 19.1 Å². The molecule has 5 nitrogen and oxygen atoms in total. The molecule has 0 saturated carbocycles. The standard InChI is InChI=1S/C25H25F3N2O3/c1-32-23-14-19(15-30-21(24(29)31)13-17-5-3-2-4-6-17)9-12-22(23)33-16-18-7-10-20(11-8-18)25(26,27)28/h2-12,14,21,30H,13,15-16H2,1H3,(H2,29,31). The maximum atomic E-state index is 12.7. The number of amides is 1. The van der Waals surface area contributed by atoms with Crippen LogP contribution in [0.1, 0.15) is 22.3 Å². The van der Waals surface area contributed by atoms with Crippen molar-refractivity contribution in [1.82, 2.24) is 5.32 Å². The first kappa shape index (κ1) is 24.1. The molecule has 0 heterocycles. The third-order valence-corrected chi connectivity index (χ3v) is 5.08. The second-order valence-electron chi connectivity index (χ2n) is 7.49. The molecule has 1 unspecified atom stereocenters. The zero-order valence-corrected chi connectivity index (χ0v) is 18.1. The van der Waals surface area contributed by atoms with Crippen LogP contribution < -0.4 is 20.5 Å². The SMILES string of the molecule is COc1cc(CNC(Cc2ccccc2)C(N)=O)ccc1OCc1ccc(C(F)(F)F)cc1. The summed E-state index contributed by atoms with van der Waals surface area (Å²) >= 11 is 0. The number of ether oxygens (including phenoxy) is 2. The Morgan fingerprint density at radius 2 is 1.61 bits per heavy atom. The Bertz CT molecular complexity index is 1050. The van der Waals surface area contributed by atoms with Gasteiger partial charge < -0.3 is 20.5 Å². The molecule has 3 N–H and O–H groups in total. The Labute approximate surface area is 190 Å². The lowest BCUT2D eigenvalue weighted by molar-refractivity contribution is -0.137. The molecule has 0 fully saturated rings. The van der Waals surface area contributed by atoms with E-state index in [1.165, 1.54) is 19.2 Å². The molecule has 0 saturated heterocycles. The van der Waals surface area contributed by atoms with E-state index in [0.717, 1.165) is 23.3 Å². The number of primary amides is 1. The molecular weight excluding hydrogens is 433 g/mol. The van der Waals surface area contributed by atoms with E-state index in [-0.39, 0.29) is 6.61 Å². The van der Waals surface area contributed by atoms with Gasteiger partial charge in [-0.25, -0.2) is 0 Å². The lowest BCUT2D eigenvalue weighted by Crippen LogP contribution is -2.42. The summed E-state index contributed by atoms with van der Waals surface area (Å²) in [7, 11) is 1.50. The van der Waals surface area contributed by atoms with Crippen molar-refractivity contribution in [2.75, 3.05) is 7.11 Å². The van der Waals surface area contributed by atoms with Gasteiger partial charge in [-0.05, 0) is 47.4 Å². The number of rotatable bonds is 10. The molecular formula is C25H25F3N2O3. The number of carbonyl (C=O) groups excluding carboxylic acids is 1. The van der Waals surface area contributed by atoms with E-state index >= 15 is 0 Å². The highest BCUT2D eigenvalue weighted by atomic mass is 19.4. The fourth-order valence-corrected chi connectivity index (χ4v) is 3.26. The highest BCUT2D eigenvalue weighted by molar-refractivity contribution is 5.80. The first-order valence-corrected chi connectivity index (χ1v) is 10.3. The summed E-state index contributed by atoms with van der Waals surface area (Å²) in [5.74, 6) is 0.485. The molecule has 1 amide bonds. The minimum atomic E-state index is -4.37. The summed E-state index contributed by atoms with van der Waals surface area (Å²) < 4.78 is 49.2. The van der Waals surface area contributed by atoms with Gasteiger partial charge in [-0.2, -0.15) is 13.2 Å². The van der Waals surface area contributed by atoms with Gasteiger partial charge in [-0.1, -0.05) is 48.5 Å². The predicted octanol–water partition coefficient (Wildman–Crippen LogP) is 4.48. The van der Waals surface area contributed by atoms with Gasteiger partial charge in [0.05, 0.1) is 18.7 Å². The Hall–Kier alpha value is -3.52. The monoisotopic (exact) mass is 458 g/mol. The Kier molecular flexibility index (Phi) is 7.95. The summed E-state index contributed by atoms with van der Waals surface area (Å²) in [5.41, 5.74) is 7.29. The Balaban J connectivity index is 1.61. The van der Waals surface area contributed by atoms with Crippen LogP contribution in [0.2, 0.25) is 0 Å². The van der Waals surface area contributed by atoms with Crippen LogP contribution in [0, 0.1) is 0 Å². The number of nitrogens with one attached hydrogen (secondary N) is 1. The van der Waals surface area contributed by atoms with Crippen molar-refractivity contribution in [3.63, 3.8) is 0 Å². The molecule has 33 heavy (non-hydrogen) atoms. The molecule has 0 aliphatic rings. The first-order valence-electron chi connectivity index (χ1n) is 10.3. The third kappa shape index (κ3) is 6.98. The lowest BCUT2D eigenvalue weighted by Gasteiger charge is -2.17. The average Bonchev–Trinajstić information content (AvgIpc) is 2.80. The van der Waals surface area contributed by atoms with E-state index in [1.54, 1.807) is 12.1 Å². The van der Waals surface area contributed by atoms with Gasteiger partial charge in [0.25, 0.3) is 0 Å². The highest BCUT2D eigenvalue weighted by Crippen LogP contribution is 2.31. The van der Waals surface area contributed by atoms with Crippen LogP contribution in [0.15, 0.2) is 72.8 Å². The van der Waals surface area contributed by atoms with Crippen LogP contribution in [0.25, 0.3) is 0 Å². The molecule has 0 spiro atoms. The summed E-state index contributed by atoms with van der Waals surface area (Å²) in [6.07, 6.45) is -3.90. The van der Waals surface area contributed by atoms with Gasteiger partial charge in [0.15, 0.2) is 11.5 Å². The van der Waals surface area contributed by atoms with Crippen LogP contribution in [0.4, 0.5) is 13.2 Å². The maximum absolute atomic E-state index is 12.7. The molecule has 8 heteroatoms. The Morgan fingerprint density at radius 3 is 2.21 bits per heavy atom. The van der Waals surface area contributed by atoms with Crippen molar-refractivity contribution in [2.45, 2.75) is 31.8 Å². The number of carbonyl (C=O) groups is 1. The average molecular weight is 458 g/mol.